The summed E-state index contributed by atoms with van der Waals surface area (Å²) in [5.74, 6) is -2.64. The first kappa shape index (κ1) is 18.6. The molecule has 26 heavy (non-hydrogen) atoms. The summed E-state index contributed by atoms with van der Waals surface area (Å²) >= 11 is 5.88. The first-order valence-corrected chi connectivity index (χ1v) is 8.65. The first-order chi connectivity index (χ1) is 12.5. The maximum absolute atomic E-state index is 13.4. The summed E-state index contributed by atoms with van der Waals surface area (Å²) in [5, 5.41) is -0.108. The van der Waals surface area contributed by atoms with Gasteiger partial charge in [-0.3, -0.25) is 4.79 Å². The molecule has 3 rings (SSSR count). The van der Waals surface area contributed by atoms with Crippen LogP contribution >= 0.6 is 11.6 Å². The van der Waals surface area contributed by atoms with Crippen molar-refractivity contribution < 1.29 is 18.3 Å². The molecule has 4 nitrogen and oxygen atoms in total. The molecule has 1 fully saturated rings. The molecule has 0 N–H and O–H groups in total. The van der Waals surface area contributed by atoms with E-state index < -0.39 is 17.5 Å². The summed E-state index contributed by atoms with van der Waals surface area (Å²) in [6.45, 7) is 3.47. The molecular weight excluding hydrogens is 362 g/mol. The van der Waals surface area contributed by atoms with Crippen molar-refractivity contribution in [3.05, 3.63) is 64.2 Å². The third-order valence-electron chi connectivity index (χ3n) is 4.32. The molecule has 1 amide bonds. The molecule has 0 spiro atoms. The van der Waals surface area contributed by atoms with Crippen molar-refractivity contribution in [3.8, 4) is 0 Å². The summed E-state index contributed by atoms with van der Waals surface area (Å²) < 4.78 is 31.9. The molecule has 1 heterocycles. The highest BCUT2D eigenvalue weighted by molar-refractivity contribution is 6.33. The number of benzene rings is 2. The quantitative estimate of drug-likeness (QED) is 0.758. The summed E-state index contributed by atoms with van der Waals surface area (Å²) in [7, 11) is 1.59. The number of hydrogen-bond acceptors (Lipinski definition) is 3. The van der Waals surface area contributed by atoms with Gasteiger partial charge in [-0.05, 0) is 29.8 Å². The minimum absolute atomic E-state index is 0.0574. The molecule has 0 unspecified atom stereocenters. The summed E-state index contributed by atoms with van der Waals surface area (Å²) in [6, 6.07) is 9.54. The van der Waals surface area contributed by atoms with Crippen molar-refractivity contribution in [2.75, 3.05) is 38.3 Å². The molecule has 1 aliphatic rings. The Kier molecular flexibility index (Phi) is 5.74. The van der Waals surface area contributed by atoms with E-state index in [4.69, 9.17) is 16.3 Å². The number of rotatable bonds is 4. The molecule has 2 aromatic rings. The number of carbonyl (C=O) groups is 1. The predicted octanol–water partition coefficient (Wildman–Crippen LogP) is 3.73. The SMILES string of the molecule is CN(Cc1ccc(N2CCOCC2)cc1)C(=O)c1cc(F)c(F)cc1Cl. The molecule has 0 saturated carbocycles. The fraction of sp³-hybridized carbons (Fsp3) is 0.316. The van der Waals surface area contributed by atoms with E-state index in [2.05, 4.69) is 4.90 Å². The molecule has 0 radical (unpaired) electrons. The minimum atomic E-state index is -1.10. The number of nitrogens with zero attached hydrogens (tertiary/aromatic N) is 2. The Morgan fingerprint density at radius 3 is 2.42 bits per heavy atom. The van der Waals surface area contributed by atoms with Gasteiger partial charge in [0.15, 0.2) is 11.6 Å². The van der Waals surface area contributed by atoms with Crippen LogP contribution in [0.5, 0.6) is 0 Å². The molecule has 2 aromatic carbocycles. The zero-order chi connectivity index (χ0) is 18.7. The Morgan fingerprint density at radius 2 is 1.77 bits per heavy atom. The molecule has 0 atom stereocenters. The van der Waals surface area contributed by atoms with Gasteiger partial charge in [-0.2, -0.15) is 0 Å². The molecular formula is C19H19ClF2N2O2. The third-order valence-corrected chi connectivity index (χ3v) is 4.63. The average Bonchev–Trinajstić information content (AvgIpc) is 2.65. The van der Waals surface area contributed by atoms with Crippen LogP contribution in [0.15, 0.2) is 36.4 Å². The van der Waals surface area contributed by atoms with E-state index in [1.807, 2.05) is 24.3 Å². The van der Waals surface area contributed by atoms with Gasteiger partial charge in [0.05, 0.1) is 23.8 Å². The Labute approximate surface area is 155 Å². The normalized spacial score (nSPS) is 14.4. The number of carbonyl (C=O) groups excluding carboxylic acids is 1. The van der Waals surface area contributed by atoms with E-state index in [-0.39, 0.29) is 10.6 Å². The smallest absolute Gasteiger partial charge is 0.255 e. The van der Waals surface area contributed by atoms with E-state index in [1.54, 1.807) is 7.05 Å². The van der Waals surface area contributed by atoms with Gasteiger partial charge in [-0.15, -0.1) is 0 Å². The topological polar surface area (TPSA) is 32.8 Å². The predicted molar refractivity (Wildman–Crippen MR) is 96.6 cm³/mol. The fourth-order valence-electron chi connectivity index (χ4n) is 2.87. The lowest BCUT2D eigenvalue weighted by Gasteiger charge is -2.29. The molecule has 7 heteroatoms. The highest BCUT2D eigenvalue weighted by Crippen LogP contribution is 2.22. The van der Waals surface area contributed by atoms with Gasteiger partial charge in [0.1, 0.15) is 0 Å². The standard InChI is InChI=1S/C19H19ClF2N2O2/c1-23(19(25)15-10-17(21)18(22)11-16(15)20)12-13-2-4-14(5-3-13)24-6-8-26-9-7-24/h2-5,10-11H,6-9,12H2,1H3. The number of morpholine rings is 1. The van der Waals surface area contributed by atoms with Crippen molar-refractivity contribution >= 4 is 23.2 Å². The van der Waals surface area contributed by atoms with Gasteiger partial charge in [0.2, 0.25) is 0 Å². The van der Waals surface area contributed by atoms with Gasteiger partial charge in [-0.1, -0.05) is 23.7 Å². The second-order valence-corrected chi connectivity index (χ2v) is 6.58. The lowest BCUT2D eigenvalue weighted by molar-refractivity contribution is 0.0784. The van der Waals surface area contributed by atoms with E-state index in [0.29, 0.717) is 19.8 Å². The van der Waals surface area contributed by atoms with Crippen LogP contribution in [0, 0.1) is 11.6 Å². The summed E-state index contributed by atoms with van der Waals surface area (Å²) in [5.41, 5.74) is 1.98. The van der Waals surface area contributed by atoms with Crippen LogP contribution in [0.3, 0.4) is 0 Å². The Hall–Kier alpha value is -2.18. The van der Waals surface area contributed by atoms with E-state index in [1.165, 1.54) is 4.90 Å². The zero-order valence-electron chi connectivity index (χ0n) is 14.3. The summed E-state index contributed by atoms with van der Waals surface area (Å²) in [4.78, 5) is 16.1. The Balaban J connectivity index is 1.68. The second-order valence-electron chi connectivity index (χ2n) is 6.17. The number of ether oxygens (including phenoxy) is 1. The number of amides is 1. The van der Waals surface area contributed by atoms with Crippen LogP contribution in [0.25, 0.3) is 0 Å². The Bertz CT molecular complexity index is 793. The zero-order valence-corrected chi connectivity index (χ0v) is 15.1. The summed E-state index contributed by atoms with van der Waals surface area (Å²) in [6.07, 6.45) is 0. The van der Waals surface area contributed by atoms with Gasteiger partial charge in [0, 0.05) is 32.4 Å². The Morgan fingerprint density at radius 1 is 1.15 bits per heavy atom. The maximum atomic E-state index is 13.4. The van der Waals surface area contributed by atoms with Gasteiger partial charge >= 0.3 is 0 Å². The number of anilines is 1. The maximum Gasteiger partial charge on any atom is 0.255 e. The van der Waals surface area contributed by atoms with Crippen LogP contribution in [0.1, 0.15) is 15.9 Å². The second kappa shape index (κ2) is 8.01. The lowest BCUT2D eigenvalue weighted by Crippen LogP contribution is -2.36. The first-order valence-electron chi connectivity index (χ1n) is 8.27. The van der Waals surface area contributed by atoms with Gasteiger partial charge < -0.3 is 14.5 Å². The highest BCUT2D eigenvalue weighted by atomic mass is 35.5. The largest absolute Gasteiger partial charge is 0.378 e. The van der Waals surface area contributed by atoms with Crippen molar-refractivity contribution in [1.82, 2.24) is 4.90 Å². The average molecular weight is 381 g/mol. The van der Waals surface area contributed by atoms with Crippen LogP contribution in [-0.2, 0) is 11.3 Å². The molecule has 0 aromatic heterocycles. The van der Waals surface area contributed by atoms with Crippen LogP contribution in [-0.4, -0.2) is 44.2 Å². The lowest BCUT2D eigenvalue weighted by atomic mass is 10.1. The van der Waals surface area contributed by atoms with Crippen molar-refractivity contribution in [3.63, 3.8) is 0 Å². The van der Waals surface area contributed by atoms with Gasteiger partial charge in [-0.25, -0.2) is 8.78 Å². The fourth-order valence-corrected chi connectivity index (χ4v) is 3.10. The van der Waals surface area contributed by atoms with Crippen LogP contribution in [0.4, 0.5) is 14.5 Å². The molecule has 138 valence electrons. The number of hydrogen-bond donors (Lipinski definition) is 0. The molecule has 1 saturated heterocycles. The molecule has 1 aliphatic heterocycles. The van der Waals surface area contributed by atoms with Crippen LogP contribution < -0.4 is 4.90 Å². The highest BCUT2D eigenvalue weighted by Gasteiger charge is 2.19. The van der Waals surface area contributed by atoms with Crippen molar-refractivity contribution in [2.45, 2.75) is 6.54 Å². The third kappa shape index (κ3) is 4.14. The van der Waals surface area contributed by atoms with Crippen LogP contribution in [0.2, 0.25) is 5.02 Å². The molecule has 0 aliphatic carbocycles. The van der Waals surface area contributed by atoms with Crippen molar-refractivity contribution in [2.24, 2.45) is 0 Å². The number of halogens is 3. The minimum Gasteiger partial charge on any atom is -0.378 e. The van der Waals surface area contributed by atoms with Gasteiger partial charge in [0.25, 0.3) is 5.91 Å². The van der Waals surface area contributed by atoms with E-state index in [9.17, 15) is 13.6 Å². The van der Waals surface area contributed by atoms with E-state index in [0.717, 1.165) is 36.5 Å². The van der Waals surface area contributed by atoms with E-state index >= 15 is 0 Å². The monoisotopic (exact) mass is 380 g/mol. The van der Waals surface area contributed by atoms with Crippen molar-refractivity contribution in [1.29, 1.82) is 0 Å². The molecule has 0 bridgehead atoms.